The summed E-state index contributed by atoms with van der Waals surface area (Å²) in [5, 5.41) is 6.73. The number of carbonyl (C=O) groups excluding carboxylic acids is 1. The van der Waals surface area contributed by atoms with Crippen LogP contribution in [0.15, 0.2) is 40.5 Å². The molecule has 0 saturated heterocycles. The van der Waals surface area contributed by atoms with Crippen molar-refractivity contribution in [3.05, 3.63) is 47.7 Å². The number of nitrogens with one attached hydrogen (secondary N) is 1. The Kier molecular flexibility index (Phi) is 5.09. The Labute approximate surface area is 124 Å². The van der Waals surface area contributed by atoms with Gasteiger partial charge in [0.05, 0.1) is 6.04 Å². The maximum Gasteiger partial charge on any atom is 0.315 e. The fourth-order valence-electron chi connectivity index (χ4n) is 2.46. The van der Waals surface area contributed by atoms with Crippen molar-refractivity contribution in [2.45, 2.75) is 45.6 Å². The molecule has 1 heterocycles. The van der Waals surface area contributed by atoms with Crippen LogP contribution in [0, 0.1) is 0 Å². The molecule has 1 aliphatic carbocycles. The molecular formula is C16H21N3O2. The molecule has 1 N–H and O–H groups in total. The van der Waals surface area contributed by atoms with Gasteiger partial charge in [0.2, 0.25) is 0 Å². The van der Waals surface area contributed by atoms with Gasteiger partial charge in [-0.15, -0.1) is 0 Å². The average Bonchev–Trinajstić information content (AvgIpc) is 2.96. The van der Waals surface area contributed by atoms with Crippen molar-refractivity contribution in [3.63, 3.8) is 0 Å². The summed E-state index contributed by atoms with van der Waals surface area (Å²) < 4.78 is 4.98. The summed E-state index contributed by atoms with van der Waals surface area (Å²) >= 11 is 0. The van der Waals surface area contributed by atoms with Gasteiger partial charge in [-0.05, 0) is 31.8 Å². The number of aryl methyl sites for hydroxylation is 1. The van der Waals surface area contributed by atoms with Gasteiger partial charge >= 0.3 is 11.8 Å². The number of allylic oxidation sites excluding steroid dienone is 3. The highest BCUT2D eigenvalue weighted by molar-refractivity contribution is 5.90. The number of carbonyl (C=O) groups is 1. The van der Waals surface area contributed by atoms with Gasteiger partial charge in [0, 0.05) is 6.42 Å². The lowest BCUT2D eigenvalue weighted by Gasteiger charge is -2.26. The van der Waals surface area contributed by atoms with E-state index in [1.165, 1.54) is 5.57 Å². The first-order chi connectivity index (χ1) is 10.2. The van der Waals surface area contributed by atoms with Gasteiger partial charge in [0.1, 0.15) is 0 Å². The Morgan fingerprint density at radius 1 is 1.57 bits per heavy atom. The third kappa shape index (κ3) is 3.68. The van der Waals surface area contributed by atoms with Crippen LogP contribution in [-0.2, 0) is 6.42 Å². The molecule has 0 bridgehead atoms. The zero-order valence-electron chi connectivity index (χ0n) is 12.6. The van der Waals surface area contributed by atoms with Crippen molar-refractivity contribution in [2.75, 3.05) is 0 Å². The highest BCUT2D eigenvalue weighted by atomic mass is 16.5. The molecule has 1 aliphatic rings. The Morgan fingerprint density at radius 3 is 3.05 bits per heavy atom. The summed E-state index contributed by atoms with van der Waals surface area (Å²) in [6.07, 6.45) is 9.32. The van der Waals surface area contributed by atoms with Crippen LogP contribution in [-0.4, -0.2) is 22.1 Å². The summed E-state index contributed by atoms with van der Waals surface area (Å²) in [7, 11) is 0. The van der Waals surface area contributed by atoms with Crippen LogP contribution in [0.1, 0.15) is 49.6 Å². The van der Waals surface area contributed by atoms with E-state index < -0.39 is 0 Å². The molecule has 0 saturated carbocycles. The quantitative estimate of drug-likeness (QED) is 0.845. The molecule has 112 valence electrons. The topological polar surface area (TPSA) is 68.0 Å². The van der Waals surface area contributed by atoms with Gasteiger partial charge in [-0.25, -0.2) is 0 Å². The number of aromatic nitrogens is 2. The van der Waals surface area contributed by atoms with Crippen molar-refractivity contribution in [1.29, 1.82) is 0 Å². The molecule has 0 aromatic carbocycles. The molecule has 0 radical (unpaired) electrons. The fraction of sp³-hybridized carbons (Fsp3) is 0.438. The molecule has 0 fully saturated rings. The molecule has 1 unspecified atom stereocenters. The molecule has 1 aromatic rings. The van der Waals surface area contributed by atoms with E-state index in [-0.39, 0.29) is 17.8 Å². The third-order valence-corrected chi connectivity index (χ3v) is 3.61. The molecule has 1 aromatic heterocycles. The van der Waals surface area contributed by atoms with Crippen LogP contribution in [0.2, 0.25) is 0 Å². The van der Waals surface area contributed by atoms with Crippen molar-refractivity contribution in [3.8, 4) is 0 Å². The van der Waals surface area contributed by atoms with Crippen LogP contribution >= 0.6 is 0 Å². The third-order valence-electron chi connectivity index (χ3n) is 3.61. The van der Waals surface area contributed by atoms with Gasteiger partial charge in [-0.2, -0.15) is 4.98 Å². The SMILES string of the molecule is C=C/C=C\C1=C(C)CCCC1NC(=O)c1nc(CC)no1. The van der Waals surface area contributed by atoms with Crippen molar-refractivity contribution < 1.29 is 9.32 Å². The highest BCUT2D eigenvalue weighted by Gasteiger charge is 2.24. The second-order valence-corrected chi connectivity index (χ2v) is 5.12. The van der Waals surface area contributed by atoms with Gasteiger partial charge in [0.25, 0.3) is 0 Å². The molecule has 21 heavy (non-hydrogen) atoms. The van der Waals surface area contributed by atoms with Crippen molar-refractivity contribution in [1.82, 2.24) is 15.5 Å². The number of hydrogen-bond donors (Lipinski definition) is 1. The minimum Gasteiger partial charge on any atom is -0.341 e. The maximum atomic E-state index is 12.2. The van der Waals surface area contributed by atoms with E-state index in [0.29, 0.717) is 12.2 Å². The van der Waals surface area contributed by atoms with E-state index in [1.54, 1.807) is 6.08 Å². The predicted octanol–water partition coefficient (Wildman–Crippen LogP) is 2.97. The summed E-state index contributed by atoms with van der Waals surface area (Å²) in [6, 6.07) is -0.0144. The molecule has 1 atom stereocenters. The summed E-state index contributed by atoms with van der Waals surface area (Å²) in [5.41, 5.74) is 2.44. The minimum atomic E-state index is -0.314. The van der Waals surface area contributed by atoms with Gasteiger partial charge in [-0.1, -0.05) is 42.5 Å². The maximum absolute atomic E-state index is 12.2. The Balaban J connectivity index is 2.13. The van der Waals surface area contributed by atoms with E-state index in [9.17, 15) is 4.79 Å². The standard InChI is InChI=1S/C16H21N3O2/c1-4-6-9-12-11(3)8-7-10-13(12)17-15(20)16-18-14(5-2)19-21-16/h4,6,9,13H,1,5,7-8,10H2,2-3H3,(H,17,20)/b9-6-. The van der Waals surface area contributed by atoms with E-state index in [1.807, 2.05) is 19.1 Å². The number of hydrogen-bond acceptors (Lipinski definition) is 4. The van der Waals surface area contributed by atoms with Crippen LogP contribution in [0.3, 0.4) is 0 Å². The molecule has 0 spiro atoms. The van der Waals surface area contributed by atoms with E-state index in [2.05, 4.69) is 29.0 Å². The molecule has 2 rings (SSSR count). The predicted molar refractivity (Wildman–Crippen MR) is 80.8 cm³/mol. The van der Waals surface area contributed by atoms with Crippen LogP contribution < -0.4 is 5.32 Å². The minimum absolute atomic E-state index is 0.0144. The zero-order valence-corrected chi connectivity index (χ0v) is 12.6. The van der Waals surface area contributed by atoms with Crippen molar-refractivity contribution in [2.24, 2.45) is 0 Å². The fourth-order valence-corrected chi connectivity index (χ4v) is 2.46. The van der Waals surface area contributed by atoms with Crippen LogP contribution in [0.5, 0.6) is 0 Å². The summed E-state index contributed by atoms with van der Waals surface area (Å²) in [4.78, 5) is 16.3. The van der Waals surface area contributed by atoms with Crippen LogP contribution in [0.4, 0.5) is 0 Å². The lowest BCUT2D eigenvalue weighted by molar-refractivity contribution is 0.0896. The van der Waals surface area contributed by atoms with Gasteiger partial charge in [-0.3, -0.25) is 4.79 Å². The van der Waals surface area contributed by atoms with E-state index >= 15 is 0 Å². The normalized spacial score (nSPS) is 19.0. The smallest absolute Gasteiger partial charge is 0.315 e. The van der Waals surface area contributed by atoms with E-state index in [0.717, 1.165) is 24.8 Å². The molecule has 5 heteroatoms. The Bertz CT molecular complexity index is 584. The summed E-state index contributed by atoms with van der Waals surface area (Å²) in [6.45, 7) is 7.70. The Hall–Kier alpha value is -2.17. The average molecular weight is 287 g/mol. The highest BCUT2D eigenvalue weighted by Crippen LogP contribution is 2.26. The monoisotopic (exact) mass is 287 g/mol. The summed E-state index contributed by atoms with van der Waals surface area (Å²) in [5.74, 6) is 0.260. The molecule has 1 amide bonds. The van der Waals surface area contributed by atoms with Crippen molar-refractivity contribution >= 4 is 5.91 Å². The van der Waals surface area contributed by atoms with Gasteiger partial charge < -0.3 is 9.84 Å². The molecular weight excluding hydrogens is 266 g/mol. The molecule has 5 nitrogen and oxygen atoms in total. The first kappa shape index (κ1) is 15.2. The second kappa shape index (κ2) is 7.02. The first-order valence-corrected chi connectivity index (χ1v) is 7.28. The molecule has 0 aliphatic heterocycles. The first-order valence-electron chi connectivity index (χ1n) is 7.28. The van der Waals surface area contributed by atoms with Crippen LogP contribution in [0.25, 0.3) is 0 Å². The number of rotatable bonds is 5. The van der Waals surface area contributed by atoms with E-state index in [4.69, 9.17) is 4.52 Å². The lowest BCUT2D eigenvalue weighted by atomic mass is 9.88. The largest absolute Gasteiger partial charge is 0.341 e. The Morgan fingerprint density at radius 2 is 2.38 bits per heavy atom. The number of amides is 1. The van der Waals surface area contributed by atoms with Gasteiger partial charge in [0.15, 0.2) is 5.82 Å². The zero-order chi connectivity index (χ0) is 15.2. The second-order valence-electron chi connectivity index (χ2n) is 5.12. The lowest BCUT2D eigenvalue weighted by Crippen LogP contribution is -2.37. The number of nitrogens with zero attached hydrogens (tertiary/aromatic N) is 2.